The Bertz CT molecular complexity index is 1090. The molecular weight excluding hydrogens is 546 g/mol. The normalized spacial score (nSPS) is 19.1. The second kappa shape index (κ2) is 16.3. The quantitative estimate of drug-likeness (QED) is 0.138. The third kappa shape index (κ3) is 9.33. The summed E-state index contributed by atoms with van der Waals surface area (Å²) in [5.74, 6) is -0.527. The number of carbonyl (C=O) groups excluding carboxylic acids is 2. The smallest absolute Gasteiger partial charge is 0.348 e. The summed E-state index contributed by atoms with van der Waals surface area (Å²) in [5.41, 5.74) is 1.73. The minimum atomic E-state index is -1.64. The summed E-state index contributed by atoms with van der Waals surface area (Å²) in [5, 5.41) is 49.9. The van der Waals surface area contributed by atoms with Crippen molar-refractivity contribution in [3.63, 3.8) is 0 Å². The fourth-order valence-electron chi connectivity index (χ4n) is 5.14. The van der Waals surface area contributed by atoms with Crippen molar-refractivity contribution in [3.8, 4) is 0 Å². The van der Waals surface area contributed by atoms with Gasteiger partial charge in [-0.3, -0.25) is 4.79 Å². The number of hydrogen-bond acceptors (Lipinski definition) is 9. The lowest BCUT2D eigenvalue weighted by Gasteiger charge is -2.25. The molecule has 0 spiro atoms. The number of aryl methyl sites for hydroxylation is 1. The molecule has 1 aromatic heterocycles. The van der Waals surface area contributed by atoms with Crippen LogP contribution in [0.1, 0.15) is 97.9 Å². The highest BCUT2D eigenvalue weighted by molar-refractivity contribution is 7.13. The molecular formula is C31H45NO8S. The average Bonchev–Trinajstić information content (AvgIpc) is 3.61. The van der Waals surface area contributed by atoms with Crippen LogP contribution in [0.2, 0.25) is 0 Å². The van der Waals surface area contributed by atoms with Gasteiger partial charge in [-0.1, -0.05) is 45.2 Å². The van der Waals surface area contributed by atoms with Gasteiger partial charge in [-0.2, -0.15) is 0 Å². The molecule has 1 saturated heterocycles. The maximum absolute atomic E-state index is 12.7. The Kier molecular flexibility index (Phi) is 13.2. The molecule has 9 nitrogen and oxygen atoms in total. The molecule has 2 aromatic rings. The maximum atomic E-state index is 12.7. The number of nitrogens with zero attached hydrogens (tertiary/aromatic N) is 1. The van der Waals surface area contributed by atoms with Gasteiger partial charge in [0.1, 0.15) is 29.8 Å². The highest BCUT2D eigenvalue weighted by atomic mass is 32.1. The lowest BCUT2D eigenvalue weighted by molar-refractivity contribution is -0.117. The van der Waals surface area contributed by atoms with Crippen molar-refractivity contribution in [1.29, 1.82) is 0 Å². The Balaban J connectivity index is 1.47. The molecule has 3 rings (SSSR count). The number of hydrogen-bond donors (Lipinski definition) is 5. The summed E-state index contributed by atoms with van der Waals surface area (Å²) in [4.78, 5) is 28.4. The highest BCUT2D eigenvalue weighted by Gasteiger charge is 2.32. The van der Waals surface area contributed by atoms with Gasteiger partial charge in [-0.05, 0) is 68.4 Å². The molecule has 0 saturated carbocycles. The van der Waals surface area contributed by atoms with Gasteiger partial charge in [0, 0.05) is 23.0 Å². The first kappa shape index (κ1) is 33.2. The predicted molar refractivity (Wildman–Crippen MR) is 158 cm³/mol. The Hall–Kier alpha value is -2.34. The van der Waals surface area contributed by atoms with Crippen LogP contribution in [-0.2, 0) is 16.0 Å². The van der Waals surface area contributed by atoms with Gasteiger partial charge in [-0.25, -0.2) is 4.79 Å². The van der Waals surface area contributed by atoms with Gasteiger partial charge in [0.05, 0.1) is 12.2 Å². The minimum absolute atomic E-state index is 0.0988. The minimum Gasteiger partial charge on any atom is -0.459 e. The van der Waals surface area contributed by atoms with Crippen molar-refractivity contribution in [3.05, 3.63) is 51.7 Å². The summed E-state index contributed by atoms with van der Waals surface area (Å²) < 4.78 is 5.10. The summed E-state index contributed by atoms with van der Waals surface area (Å²) >= 11 is 1.29. The molecule has 228 valence electrons. The molecule has 41 heavy (non-hydrogen) atoms. The van der Waals surface area contributed by atoms with E-state index in [1.54, 1.807) is 13.0 Å². The lowest BCUT2D eigenvalue weighted by atomic mass is 10.0. The standard InChI is InChI=1S/C31H45NO8S/c1-3-5-6-10-25(34)20-11-13-22(14-12-20)32-21(15-18-28(32)36)8-7-9-23-16-17-27(41-23)31(39)40-19-26(35)30(38)29(37)24(33)4-2/h11-14,16-17,21,24-26,29-30,33-35,37-38H,3-10,15,18-19H2,1-2H3/t21-,24+,25-,26-,29+,30+/m0/s1. The fraction of sp³-hybridized carbons (Fsp3) is 0.613. The van der Waals surface area contributed by atoms with E-state index in [0.717, 1.165) is 67.5 Å². The zero-order valence-electron chi connectivity index (χ0n) is 24.0. The van der Waals surface area contributed by atoms with Gasteiger partial charge >= 0.3 is 5.97 Å². The number of anilines is 1. The van der Waals surface area contributed by atoms with Gasteiger partial charge in [0.15, 0.2) is 0 Å². The van der Waals surface area contributed by atoms with Crippen molar-refractivity contribution in [2.24, 2.45) is 0 Å². The van der Waals surface area contributed by atoms with Crippen LogP contribution in [0.25, 0.3) is 0 Å². The van der Waals surface area contributed by atoms with Gasteiger partial charge in [0.25, 0.3) is 0 Å². The Morgan fingerprint density at radius 1 is 0.976 bits per heavy atom. The van der Waals surface area contributed by atoms with E-state index in [-0.39, 0.29) is 18.4 Å². The monoisotopic (exact) mass is 591 g/mol. The third-order valence-electron chi connectivity index (χ3n) is 7.73. The van der Waals surface area contributed by atoms with Crippen LogP contribution in [0.15, 0.2) is 36.4 Å². The van der Waals surface area contributed by atoms with Crippen LogP contribution < -0.4 is 4.90 Å². The van der Waals surface area contributed by atoms with E-state index in [4.69, 9.17) is 4.74 Å². The topological polar surface area (TPSA) is 148 Å². The number of carbonyl (C=O) groups is 2. The summed E-state index contributed by atoms with van der Waals surface area (Å²) in [6.07, 6.45) is 1.44. The molecule has 6 atom stereocenters. The highest BCUT2D eigenvalue weighted by Crippen LogP contribution is 2.31. The van der Waals surface area contributed by atoms with Crippen molar-refractivity contribution in [2.75, 3.05) is 11.5 Å². The van der Waals surface area contributed by atoms with E-state index in [9.17, 15) is 35.1 Å². The van der Waals surface area contributed by atoms with Crippen LogP contribution in [0, 0.1) is 0 Å². The Morgan fingerprint density at radius 3 is 2.37 bits per heavy atom. The van der Waals surface area contributed by atoms with Crippen molar-refractivity contribution in [2.45, 2.75) is 115 Å². The number of thiophene rings is 1. The SMILES string of the molecule is CCCCC[C@H](O)c1ccc(N2C(=O)CC[C@@H]2CCCc2ccc(C(=O)OC[C@H](O)[C@@H](O)[C@H](O)[C@H](O)CC)s2)cc1. The van der Waals surface area contributed by atoms with E-state index in [0.29, 0.717) is 11.3 Å². The zero-order valence-corrected chi connectivity index (χ0v) is 24.8. The number of benzene rings is 1. The summed E-state index contributed by atoms with van der Waals surface area (Å²) in [7, 11) is 0. The number of ether oxygens (including phenoxy) is 1. The molecule has 1 aliphatic heterocycles. The first-order chi connectivity index (χ1) is 19.7. The molecule has 0 unspecified atom stereocenters. The predicted octanol–water partition coefficient (Wildman–Crippen LogP) is 3.89. The van der Waals surface area contributed by atoms with E-state index in [1.165, 1.54) is 11.3 Å². The number of aliphatic hydroxyl groups excluding tert-OH is 5. The largest absolute Gasteiger partial charge is 0.459 e. The van der Waals surface area contributed by atoms with Crippen LogP contribution in [-0.4, -0.2) is 74.5 Å². The molecule has 1 aromatic carbocycles. The Labute approximate surface area is 246 Å². The van der Waals surface area contributed by atoms with Crippen molar-refractivity contribution in [1.82, 2.24) is 0 Å². The number of aliphatic hydroxyl groups is 5. The first-order valence-electron chi connectivity index (χ1n) is 14.7. The van der Waals surface area contributed by atoms with Crippen LogP contribution in [0.5, 0.6) is 0 Å². The lowest BCUT2D eigenvalue weighted by Crippen LogP contribution is -2.46. The first-order valence-corrected chi connectivity index (χ1v) is 15.6. The number of rotatable bonds is 17. The molecule has 5 N–H and O–H groups in total. The van der Waals surface area contributed by atoms with E-state index in [1.807, 2.05) is 35.2 Å². The number of unbranched alkanes of at least 4 members (excludes halogenated alkanes) is 2. The van der Waals surface area contributed by atoms with Gasteiger partial charge in [0.2, 0.25) is 5.91 Å². The van der Waals surface area contributed by atoms with Gasteiger partial charge in [-0.15, -0.1) is 11.3 Å². The van der Waals surface area contributed by atoms with Crippen molar-refractivity contribution < 1.29 is 39.9 Å². The molecule has 1 amide bonds. The molecule has 2 heterocycles. The molecule has 0 aliphatic carbocycles. The summed E-state index contributed by atoms with van der Waals surface area (Å²) in [6.45, 7) is 3.26. The molecule has 1 aliphatic rings. The van der Waals surface area contributed by atoms with E-state index in [2.05, 4.69) is 6.92 Å². The molecule has 0 bridgehead atoms. The second-order valence-corrected chi connectivity index (χ2v) is 12.0. The van der Waals surface area contributed by atoms with Crippen LogP contribution in [0.3, 0.4) is 0 Å². The van der Waals surface area contributed by atoms with Crippen LogP contribution in [0.4, 0.5) is 5.69 Å². The van der Waals surface area contributed by atoms with Crippen molar-refractivity contribution >= 4 is 28.9 Å². The number of amides is 1. The van der Waals surface area contributed by atoms with E-state index < -0.39 is 43.1 Å². The average molecular weight is 592 g/mol. The number of esters is 1. The maximum Gasteiger partial charge on any atom is 0.348 e. The Morgan fingerprint density at radius 2 is 1.68 bits per heavy atom. The fourth-order valence-corrected chi connectivity index (χ4v) is 6.09. The zero-order chi connectivity index (χ0) is 29.9. The summed E-state index contributed by atoms with van der Waals surface area (Å²) in [6, 6.07) is 11.3. The van der Waals surface area contributed by atoms with E-state index >= 15 is 0 Å². The second-order valence-electron chi connectivity index (χ2n) is 10.8. The molecule has 0 radical (unpaired) electrons. The van der Waals surface area contributed by atoms with Crippen LogP contribution >= 0.6 is 11.3 Å². The molecule has 1 fully saturated rings. The molecule has 10 heteroatoms. The van der Waals surface area contributed by atoms with Gasteiger partial charge < -0.3 is 35.2 Å². The third-order valence-corrected chi connectivity index (χ3v) is 8.85.